The van der Waals surface area contributed by atoms with Crippen molar-refractivity contribution in [3.8, 4) is 0 Å². The Labute approximate surface area is 82.0 Å². The van der Waals surface area contributed by atoms with Crippen molar-refractivity contribution in [1.29, 1.82) is 0 Å². The number of ether oxygens (including phenoxy) is 2. The Morgan fingerprint density at radius 1 is 1.31 bits per heavy atom. The zero-order valence-corrected chi connectivity index (χ0v) is 9.38. The highest BCUT2D eigenvalue weighted by Crippen LogP contribution is 1.99. The molecule has 0 saturated carbocycles. The highest BCUT2D eigenvalue weighted by molar-refractivity contribution is 4.45. The van der Waals surface area contributed by atoms with Gasteiger partial charge in [0, 0.05) is 6.54 Å². The molecule has 0 rings (SSSR count). The van der Waals surface area contributed by atoms with E-state index in [1.165, 1.54) is 6.42 Å². The van der Waals surface area contributed by atoms with Gasteiger partial charge < -0.3 is 14.4 Å². The van der Waals surface area contributed by atoms with Crippen molar-refractivity contribution in [3.05, 3.63) is 0 Å². The maximum atomic E-state index is 5.42. The summed E-state index contributed by atoms with van der Waals surface area (Å²) in [6, 6.07) is 0. The number of nitrogens with zero attached hydrogens (tertiary/aromatic N) is 1. The Morgan fingerprint density at radius 2 is 2.00 bits per heavy atom. The van der Waals surface area contributed by atoms with E-state index in [0.29, 0.717) is 12.9 Å². The SMILES string of the molecule is CCC[C@H](C)OCOCCN(C)C. The summed E-state index contributed by atoms with van der Waals surface area (Å²) >= 11 is 0. The molecule has 3 heteroatoms. The van der Waals surface area contributed by atoms with Gasteiger partial charge in [0.2, 0.25) is 0 Å². The van der Waals surface area contributed by atoms with E-state index in [1.807, 2.05) is 14.1 Å². The number of rotatable bonds is 8. The van der Waals surface area contributed by atoms with Crippen LogP contribution in [0.15, 0.2) is 0 Å². The third-order valence-corrected chi connectivity index (χ3v) is 1.81. The Hall–Kier alpha value is -0.120. The monoisotopic (exact) mass is 189 g/mol. The normalized spacial score (nSPS) is 13.6. The number of hydrogen-bond donors (Lipinski definition) is 0. The van der Waals surface area contributed by atoms with E-state index >= 15 is 0 Å². The molecular formula is C10H23NO2. The van der Waals surface area contributed by atoms with Crippen LogP contribution in [0.1, 0.15) is 26.7 Å². The van der Waals surface area contributed by atoms with Gasteiger partial charge in [-0.05, 0) is 27.4 Å². The van der Waals surface area contributed by atoms with Crippen molar-refractivity contribution >= 4 is 0 Å². The topological polar surface area (TPSA) is 21.7 Å². The first-order chi connectivity index (χ1) is 6.16. The van der Waals surface area contributed by atoms with E-state index < -0.39 is 0 Å². The molecule has 0 heterocycles. The standard InChI is InChI=1S/C10H23NO2/c1-5-6-10(2)13-9-12-8-7-11(3)4/h10H,5-9H2,1-4H3/t10-/m0/s1. The summed E-state index contributed by atoms with van der Waals surface area (Å²) in [6.45, 7) is 6.36. The molecule has 0 radical (unpaired) electrons. The molecule has 0 amide bonds. The lowest BCUT2D eigenvalue weighted by atomic mass is 10.2. The molecule has 0 aromatic carbocycles. The van der Waals surface area contributed by atoms with Crippen LogP contribution in [0, 0.1) is 0 Å². The second-order valence-electron chi connectivity index (χ2n) is 3.60. The Kier molecular flexibility index (Phi) is 8.40. The summed E-state index contributed by atoms with van der Waals surface area (Å²) in [7, 11) is 4.06. The molecule has 0 aromatic heterocycles. The lowest BCUT2D eigenvalue weighted by Gasteiger charge is -2.13. The molecular weight excluding hydrogens is 166 g/mol. The van der Waals surface area contributed by atoms with Crippen LogP contribution in [0.4, 0.5) is 0 Å². The van der Waals surface area contributed by atoms with Crippen molar-refractivity contribution in [2.45, 2.75) is 32.8 Å². The van der Waals surface area contributed by atoms with Gasteiger partial charge in [0.05, 0.1) is 12.7 Å². The van der Waals surface area contributed by atoms with Crippen molar-refractivity contribution in [2.24, 2.45) is 0 Å². The second kappa shape index (κ2) is 8.48. The van der Waals surface area contributed by atoms with Gasteiger partial charge in [0.25, 0.3) is 0 Å². The molecule has 0 saturated heterocycles. The van der Waals surface area contributed by atoms with Gasteiger partial charge in [0.15, 0.2) is 0 Å². The minimum Gasteiger partial charge on any atom is -0.354 e. The molecule has 0 aromatic rings. The summed E-state index contributed by atoms with van der Waals surface area (Å²) in [5, 5.41) is 0. The third kappa shape index (κ3) is 9.80. The molecule has 0 spiro atoms. The maximum absolute atomic E-state index is 5.42. The van der Waals surface area contributed by atoms with Crippen LogP contribution >= 0.6 is 0 Å². The van der Waals surface area contributed by atoms with Crippen LogP contribution in [0.2, 0.25) is 0 Å². The molecule has 80 valence electrons. The molecule has 13 heavy (non-hydrogen) atoms. The van der Waals surface area contributed by atoms with Crippen LogP contribution < -0.4 is 0 Å². The molecule has 0 aliphatic heterocycles. The first-order valence-corrected chi connectivity index (χ1v) is 5.01. The maximum Gasteiger partial charge on any atom is 0.147 e. The number of hydrogen-bond acceptors (Lipinski definition) is 3. The van der Waals surface area contributed by atoms with Crippen molar-refractivity contribution in [3.63, 3.8) is 0 Å². The highest BCUT2D eigenvalue weighted by atomic mass is 16.7. The highest BCUT2D eigenvalue weighted by Gasteiger charge is 1.99. The quantitative estimate of drug-likeness (QED) is 0.429. The molecule has 1 atom stereocenters. The van der Waals surface area contributed by atoms with E-state index in [4.69, 9.17) is 9.47 Å². The van der Waals surface area contributed by atoms with E-state index in [2.05, 4.69) is 18.7 Å². The average molecular weight is 189 g/mol. The van der Waals surface area contributed by atoms with Crippen LogP contribution in [0.3, 0.4) is 0 Å². The zero-order valence-electron chi connectivity index (χ0n) is 9.38. The Bertz CT molecular complexity index is 107. The molecule has 0 N–H and O–H groups in total. The van der Waals surface area contributed by atoms with Crippen molar-refractivity contribution < 1.29 is 9.47 Å². The van der Waals surface area contributed by atoms with Crippen LogP contribution in [0.25, 0.3) is 0 Å². The van der Waals surface area contributed by atoms with Gasteiger partial charge in [-0.3, -0.25) is 0 Å². The van der Waals surface area contributed by atoms with Crippen LogP contribution in [0.5, 0.6) is 0 Å². The van der Waals surface area contributed by atoms with Crippen molar-refractivity contribution in [1.82, 2.24) is 4.90 Å². The lowest BCUT2D eigenvalue weighted by molar-refractivity contribution is -0.0876. The Balaban J connectivity index is 3.06. The summed E-state index contributed by atoms with van der Waals surface area (Å²) in [6.07, 6.45) is 2.60. The third-order valence-electron chi connectivity index (χ3n) is 1.81. The van der Waals surface area contributed by atoms with Gasteiger partial charge in [-0.2, -0.15) is 0 Å². The van der Waals surface area contributed by atoms with Crippen LogP contribution in [-0.4, -0.2) is 45.0 Å². The predicted octanol–water partition coefficient (Wildman–Crippen LogP) is 1.73. The largest absolute Gasteiger partial charge is 0.354 e. The molecule has 0 bridgehead atoms. The average Bonchev–Trinajstić information content (AvgIpc) is 2.03. The summed E-state index contributed by atoms with van der Waals surface area (Å²) in [5.74, 6) is 0. The van der Waals surface area contributed by atoms with Crippen molar-refractivity contribution in [2.75, 3.05) is 34.0 Å². The van der Waals surface area contributed by atoms with E-state index in [1.54, 1.807) is 0 Å². The van der Waals surface area contributed by atoms with Gasteiger partial charge in [-0.1, -0.05) is 13.3 Å². The van der Waals surface area contributed by atoms with Gasteiger partial charge >= 0.3 is 0 Å². The summed E-state index contributed by atoms with van der Waals surface area (Å²) in [4.78, 5) is 2.09. The van der Waals surface area contributed by atoms with E-state index in [9.17, 15) is 0 Å². The van der Waals surface area contributed by atoms with E-state index in [0.717, 1.165) is 19.6 Å². The minimum absolute atomic E-state index is 0.323. The zero-order chi connectivity index (χ0) is 10.1. The minimum atomic E-state index is 0.323. The molecule has 0 fully saturated rings. The molecule has 0 unspecified atom stereocenters. The fourth-order valence-corrected chi connectivity index (χ4v) is 0.960. The predicted molar refractivity (Wildman–Crippen MR) is 54.8 cm³/mol. The van der Waals surface area contributed by atoms with Gasteiger partial charge in [0.1, 0.15) is 6.79 Å². The fraction of sp³-hybridized carbons (Fsp3) is 1.00. The first-order valence-electron chi connectivity index (χ1n) is 5.01. The summed E-state index contributed by atoms with van der Waals surface area (Å²) < 4.78 is 10.7. The molecule has 0 aliphatic carbocycles. The second-order valence-corrected chi connectivity index (χ2v) is 3.60. The summed E-state index contributed by atoms with van der Waals surface area (Å²) in [5.41, 5.74) is 0. The van der Waals surface area contributed by atoms with Gasteiger partial charge in [-0.25, -0.2) is 0 Å². The molecule has 0 aliphatic rings. The number of likely N-dealkylation sites (N-methyl/N-ethyl adjacent to an activating group) is 1. The molecule has 3 nitrogen and oxygen atoms in total. The van der Waals surface area contributed by atoms with Crippen LogP contribution in [-0.2, 0) is 9.47 Å². The van der Waals surface area contributed by atoms with E-state index in [-0.39, 0.29) is 0 Å². The Morgan fingerprint density at radius 3 is 2.54 bits per heavy atom. The fourth-order valence-electron chi connectivity index (χ4n) is 0.960. The van der Waals surface area contributed by atoms with Gasteiger partial charge in [-0.15, -0.1) is 0 Å². The lowest BCUT2D eigenvalue weighted by Crippen LogP contribution is -2.19. The first kappa shape index (κ1) is 12.9. The smallest absolute Gasteiger partial charge is 0.147 e.